The number of hydrogen-bond donors (Lipinski definition) is 1. The van der Waals surface area contributed by atoms with Crippen LogP contribution in [0.1, 0.15) is 38.2 Å². The van der Waals surface area contributed by atoms with Crippen LogP contribution in [-0.4, -0.2) is 44.8 Å². The lowest BCUT2D eigenvalue weighted by molar-refractivity contribution is 0.110. The van der Waals surface area contributed by atoms with Gasteiger partial charge in [0.25, 0.3) is 0 Å². The van der Waals surface area contributed by atoms with E-state index in [9.17, 15) is 0 Å². The molecule has 2 fully saturated rings. The van der Waals surface area contributed by atoms with Gasteiger partial charge < -0.3 is 19.7 Å². The average Bonchev–Trinajstić information content (AvgIpc) is 2.97. The van der Waals surface area contributed by atoms with Gasteiger partial charge >= 0.3 is 0 Å². The van der Waals surface area contributed by atoms with Gasteiger partial charge in [0.05, 0.1) is 7.11 Å². The molecule has 2 saturated heterocycles. The van der Waals surface area contributed by atoms with Crippen molar-refractivity contribution in [2.45, 2.75) is 44.2 Å². The lowest BCUT2D eigenvalue weighted by atomic mass is 9.89. The van der Waals surface area contributed by atoms with Gasteiger partial charge in [-0.1, -0.05) is 12.1 Å². The van der Waals surface area contributed by atoms with Crippen LogP contribution in [0, 0.1) is 0 Å². The number of benzene rings is 1. The summed E-state index contributed by atoms with van der Waals surface area (Å²) < 4.78 is 12.0. The van der Waals surface area contributed by atoms with Crippen molar-refractivity contribution in [2.75, 3.05) is 33.8 Å². The number of rotatable bonds is 4. The highest BCUT2D eigenvalue weighted by molar-refractivity contribution is 5.50. The molecule has 122 valence electrons. The van der Waals surface area contributed by atoms with E-state index in [2.05, 4.69) is 36.3 Å². The summed E-state index contributed by atoms with van der Waals surface area (Å²) in [7, 11) is 3.92. The Morgan fingerprint density at radius 3 is 2.68 bits per heavy atom. The Morgan fingerprint density at radius 2 is 2.05 bits per heavy atom. The monoisotopic (exact) mass is 304 g/mol. The number of nitrogens with zero attached hydrogens (tertiary/aromatic N) is 1. The maximum Gasteiger partial charge on any atom is 0.165 e. The third-order valence-electron chi connectivity index (χ3n) is 5.11. The third kappa shape index (κ3) is 3.08. The minimum absolute atomic E-state index is 0.00248. The number of para-hydroxylation sites is 1. The van der Waals surface area contributed by atoms with Crippen LogP contribution in [0.25, 0.3) is 0 Å². The number of hydrogen-bond acceptors (Lipinski definition) is 4. The topological polar surface area (TPSA) is 33.7 Å². The third-order valence-corrected chi connectivity index (χ3v) is 5.11. The molecule has 1 atom stereocenters. The first kappa shape index (κ1) is 15.6. The predicted octanol–water partition coefficient (Wildman–Crippen LogP) is 2.77. The molecule has 3 rings (SSSR count). The summed E-state index contributed by atoms with van der Waals surface area (Å²) in [6.07, 6.45) is 4.81. The van der Waals surface area contributed by atoms with Crippen molar-refractivity contribution in [3.63, 3.8) is 0 Å². The normalized spacial score (nSPS) is 27.0. The number of likely N-dealkylation sites (tertiary alicyclic amines) is 1. The molecule has 1 aromatic rings. The summed E-state index contributed by atoms with van der Waals surface area (Å²) in [6.45, 7) is 5.54. The second-order valence-corrected chi connectivity index (χ2v) is 6.82. The Bertz CT molecular complexity index is 504. The average molecular weight is 304 g/mol. The molecule has 4 nitrogen and oxygen atoms in total. The molecule has 1 unspecified atom stereocenters. The molecule has 0 spiro atoms. The fourth-order valence-corrected chi connectivity index (χ4v) is 3.66. The van der Waals surface area contributed by atoms with E-state index in [1.807, 2.05) is 6.07 Å². The molecule has 0 saturated carbocycles. The molecule has 22 heavy (non-hydrogen) atoms. The fraction of sp³-hybridized carbons (Fsp3) is 0.667. The van der Waals surface area contributed by atoms with Crippen molar-refractivity contribution in [1.29, 1.82) is 0 Å². The van der Waals surface area contributed by atoms with E-state index in [0.717, 1.165) is 50.4 Å². The molecule has 2 aliphatic heterocycles. The van der Waals surface area contributed by atoms with Gasteiger partial charge in [-0.3, -0.25) is 0 Å². The zero-order valence-electron chi connectivity index (χ0n) is 14.0. The van der Waals surface area contributed by atoms with Crippen LogP contribution >= 0.6 is 0 Å². The Morgan fingerprint density at radius 1 is 1.27 bits per heavy atom. The second kappa shape index (κ2) is 6.47. The van der Waals surface area contributed by atoms with Crippen molar-refractivity contribution < 1.29 is 9.47 Å². The van der Waals surface area contributed by atoms with Gasteiger partial charge in [-0.2, -0.15) is 0 Å². The van der Waals surface area contributed by atoms with Crippen molar-refractivity contribution >= 4 is 0 Å². The maximum absolute atomic E-state index is 6.29. The van der Waals surface area contributed by atoms with Crippen LogP contribution in [-0.2, 0) is 5.54 Å². The van der Waals surface area contributed by atoms with E-state index in [1.54, 1.807) is 7.11 Å². The summed E-state index contributed by atoms with van der Waals surface area (Å²) >= 11 is 0. The van der Waals surface area contributed by atoms with E-state index >= 15 is 0 Å². The molecule has 2 aliphatic rings. The lowest BCUT2D eigenvalue weighted by Crippen LogP contribution is -2.36. The largest absolute Gasteiger partial charge is 0.493 e. The Balaban J connectivity index is 1.82. The molecular formula is C18H28N2O2. The molecule has 0 radical (unpaired) electrons. The zero-order valence-corrected chi connectivity index (χ0v) is 14.0. The van der Waals surface area contributed by atoms with E-state index < -0.39 is 0 Å². The van der Waals surface area contributed by atoms with E-state index in [-0.39, 0.29) is 5.54 Å². The molecule has 1 aromatic carbocycles. The van der Waals surface area contributed by atoms with Crippen molar-refractivity contribution in [3.05, 3.63) is 23.8 Å². The highest BCUT2D eigenvalue weighted by Crippen LogP contribution is 2.41. The highest BCUT2D eigenvalue weighted by atomic mass is 16.5. The van der Waals surface area contributed by atoms with Gasteiger partial charge in [0, 0.05) is 24.2 Å². The Kier molecular flexibility index (Phi) is 4.59. The molecule has 1 N–H and O–H groups in total. The summed E-state index contributed by atoms with van der Waals surface area (Å²) in [6, 6.07) is 6.30. The van der Waals surface area contributed by atoms with Crippen LogP contribution in [0.3, 0.4) is 0 Å². The number of nitrogens with one attached hydrogen (secondary N) is 1. The van der Waals surface area contributed by atoms with Crippen molar-refractivity contribution in [1.82, 2.24) is 10.2 Å². The minimum atomic E-state index is -0.00248. The lowest BCUT2D eigenvalue weighted by Gasteiger charge is -2.31. The molecule has 4 heteroatoms. The molecular weight excluding hydrogens is 276 g/mol. The number of methoxy groups -OCH3 is 1. The molecule has 0 bridgehead atoms. The molecule has 0 amide bonds. The van der Waals surface area contributed by atoms with E-state index in [4.69, 9.17) is 9.47 Å². The Labute approximate surface area is 133 Å². The van der Waals surface area contributed by atoms with Crippen molar-refractivity contribution in [3.8, 4) is 11.5 Å². The van der Waals surface area contributed by atoms with Crippen molar-refractivity contribution in [2.24, 2.45) is 0 Å². The van der Waals surface area contributed by atoms with Crippen LogP contribution in [0.5, 0.6) is 11.5 Å². The fourth-order valence-electron chi connectivity index (χ4n) is 3.66. The van der Waals surface area contributed by atoms with Gasteiger partial charge in [0.15, 0.2) is 11.5 Å². The Hall–Kier alpha value is -1.26. The zero-order chi connectivity index (χ0) is 15.6. The molecule has 0 aliphatic carbocycles. The van der Waals surface area contributed by atoms with Crippen LogP contribution in [0.2, 0.25) is 0 Å². The van der Waals surface area contributed by atoms with E-state index in [0.29, 0.717) is 6.10 Å². The minimum Gasteiger partial charge on any atom is -0.493 e. The summed E-state index contributed by atoms with van der Waals surface area (Å²) in [5.41, 5.74) is 1.22. The van der Waals surface area contributed by atoms with Crippen LogP contribution in [0.15, 0.2) is 18.2 Å². The van der Waals surface area contributed by atoms with Crippen LogP contribution < -0.4 is 14.8 Å². The van der Waals surface area contributed by atoms with Gasteiger partial charge in [-0.05, 0) is 52.3 Å². The maximum atomic E-state index is 6.29. The highest BCUT2D eigenvalue weighted by Gasteiger charge is 2.34. The first-order chi connectivity index (χ1) is 10.6. The van der Waals surface area contributed by atoms with Crippen LogP contribution in [0.4, 0.5) is 0 Å². The van der Waals surface area contributed by atoms with E-state index in [1.165, 1.54) is 12.0 Å². The summed E-state index contributed by atoms with van der Waals surface area (Å²) in [5, 5.41) is 3.62. The quantitative estimate of drug-likeness (QED) is 0.927. The van der Waals surface area contributed by atoms with Gasteiger partial charge in [0.1, 0.15) is 6.10 Å². The molecule has 0 aromatic heterocycles. The first-order valence-electron chi connectivity index (χ1n) is 8.40. The summed E-state index contributed by atoms with van der Waals surface area (Å²) in [5.74, 6) is 1.79. The predicted molar refractivity (Wildman–Crippen MR) is 88.7 cm³/mol. The summed E-state index contributed by atoms with van der Waals surface area (Å²) in [4.78, 5) is 2.36. The molecule has 2 heterocycles. The number of piperidine rings is 1. The second-order valence-electron chi connectivity index (χ2n) is 6.82. The SMILES string of the molecule is COc1c(OC2CCN(C)CC2)cccc1C1(C)CCCN1. The van der Waals surface area contributed by atoms with Gasteiger partial charge in [-0.25, -0.2) is 0 Å². The van der Waals surface area contributed by atoms with Gasteiger partial charge in [0.2, 0.25) is 0 Å². The number of ether oxygens (including phenoxy) is 2. The smallest absolute Gasteiger partial charge is 0.165 e. The first-order valence-corrected chi connectivity index (χ1v) is 8.40. The van der Waals surface area contributed by atoms with Gasteiger partial charge in [-0.15, -0.1) is 0 Å². The standard InChI is InChI=1S/C18H28N2O2/c1-18(10-5-11-19-18)15-6-4-7-16(17(15)21-3)22-14-8-12-20(2)13-9-14/h4,6-7,14,19H,5,8-13H2,1-3H3.